The Labute approximate surface area is 128 Å². The third-order valence-corrected chi connectivity index (χ3v) is 6.64. The Balaban J connectivity index is 2.65. The van der Waals surface area contributed by atoms with Crippen LogP contribution < -0.4 is 5.73 Å². The van der Waals surface area contributed by atoms with Gasteiger partial charge in [0.25, 0.3) is 0 Å². The van der Waals surface area contributed by atoms with E-state index in [0.717, 1.165) is 18.2 Å². The highest BCUT2D eigenvalue weighted by atomic mass is 32.2. The summed E-state index contributed by atoms with van der Waals surface area (Å²) in [5, 5.41) is 0. The first-order valence-electron chi connectivity index (χ1n) is 6.58. The molecule has 0 spiro atoms. The predicted octanol–water partition coefficient (Wildman–Crippen LogP) is 1.37. The molecule has 2 rings (SSSR count). The van der Waals surface area contributed by atoms with Crippen LogP contribution in [0.2, 0.25) is 0 Å². The molecule has 8 heteroatoms. The second kappa shape index (κ2) is 5.27. The molecule has 1 aliphatic heterocycles. The van der Waals surface area contributed by atoms with Crippen molar-refractivity contribution >= 4 is 15.7 Å². The number of hydrogen-bond donors (Lipinski definition) is 1. The fourth-order valence-corrected chi connectivity index (χ4v) is 4.53. The number of halogens is 2. The number of benzene rings is 1. The molecule has 2 atom stereocenters. The van der Waals surface area contributed by atoms with Crippen LogP contribution in [0.3, 0.4) is 0 Å². The van der Waals surface area contributed by atoms with Crippen LogP contribution in [0.25, 0.3) is 0 Å². The van der Waals surface area contributed by atoms with Crippen LogP contribution in [0, 0.1) is 11.6 Å². The molecule has 0 fully saturated rings. The van der Waals surface area contributed by atoms with Gasteiger partial charge in [0.2, 0.25) is 0 Å². The van der Waals surface area contributed by atoms with Crippen molar-refractivity contribution in [2.45, 2.75) is 24.1 Å². The molecule has 1 aromatic rings. The first kappa shape index (κ1) is 16.8. The van der Waals surface area contributed by atoms with Gasteiger partial charge in [-0.1, -0.05) is 0 Å². The van der Waals surface area contributed by atoms with Gasteiger partial charge in [0.05, 0.1) is 12.4 Å². The molecule has 0 amide bonds. The zero-order chi connectivity index (χ0) is 16.8. The van der Waals surface area contributed by atoms with Crippen molar-refractivity contribution in [3.8, 4) is 0 Å². The van der Waals surface area contributed by atoms with Crippen molar-refractivity contribution < 1.29 is 21.9 Å². The largest absolute Gasteiger partial charge is 0.386 e. The van der Waals surface area contributed by atoms with Gasteiger partial charge in [0, 0.05) is 12.7 Å². The number of hydrogen-bond acceptors (Lipinski definition) is 5. The fraction of sp³-hybridized carbons (Fsp3) is 0.500. The number of rotatable bonds is 3. The number of ether oxygens (including phenoxy) is 1. The highest BCUT2D eigenvalue weighted by Gasteiger charge is 2.52. The summed E-state index contributed by atoms with van der Waals surface area (Å²) in [5.41, 5.74) is 4.23. The molecule has 0 aliphatic carbocycles. The number of aliphatic imine (C=N–C) groups is 1. The molecule has 0 saturated carbocycles. The highest BCUT2D eigenvalue weighted by Crippen LogP contribution is 2.38. The Hall–Kier alpha value is -1.54. The van der Waals surface area contributed by atoms with Gasteiger partial charge in [-0.05, 0) is 32.0 Å². The summed E-state index contributed by atoms with van der Waals surface area (Å²) < 4.78 is 56.2. The summed E-state index contributed by atoms with van der Waals surface area (Å²) in [6.45, 7) is 2.67. The highest BCUT2D eigenvalue weighted by molar-refractivity contribution is 7.93. The molecular weight excluding hydrogens is 314 g/mol. The summed E-state index contributed by atoms with van der Waals surface area (Å²) in [6.07, 6.45) is 0. The van der Waals surface area contributed by atoms with Crippen LogP contribution in [-0.2, 0) is 20.1 Å². The summed E-state index contributed by atoms with van der Waals surface area (Å²) in [4.78, 5) is 4.18. The SMILES string of the molecule is COCC1(C)C(N)=NC(C)(c2cc(F)ccc2F)CS1(=O)=O. The monoisotopic (exact) mass is 332 g/mol. The zero-order valence-corrected chi connectivity index (χ0v) is 13.4. The lowest BCUT2D eigenvalue weighted by atomic mass is 9.93. The first-order chi connectivity index (χ1) is 10.1. The lowest BCUT2D eigenvalue weighted by Crippen LogP contribution is -2.59. The molecule has 1 heterocycles. The van der Waals surface area contributed by atoms with Crippen molar-refractivity contribution in [2.24, 2.45) is 10.7 Å². The molecule has 0 saturated heterocycles. The van der Waals surface area contributed by atoms with Gasteiger partial charge in [-0.3, -0.25) is 4.99 Å². The molecule has 2 unspecified atom stereocenters. The Morgan fingerprint density at radius 2 is 2.00 bits per heavy atom. The van der Waals surface area contributed by atoms with E-state index < -0.39 is 37.5 Å². The van der Waals surface area contributed by atoms with E-state index in [0.29, 0.717) is 0 Å². The first-order valence-corrected chi connectivity index (χ1v) is 8.23. The lowest BCUT2D eigenvalue weighted by molar-refractivity contribution is 0.186. The second-order valence-corrected chi connectivity index (χ2v) is 8.24. The average Bonchev–Trinajstić information content (AvgIpc) is 2.39. The van der Waals surface area contributed by atoms with Crippen LogP contribution in [0.5, 0.6) is 0 Å². The minimum absolute atomic E-state index is 0.140. The van der Waals surface area contributed by atoms with E-state index in [2.05, 4.69) is 4.99 Å². The number of nitrogens with zero attached hydrogens (tertiary/aromatic N) is 1. The number of methoxy groups -OCH3 is 1. The lowest BCUT2D eigenvalue weighted by Gasteiger charge is -2.39. The molecule has 1 aliphatic rings. The van der Waals surface area contributed by atoms with Crippen LogP contribution in [0.15, 0.2) is 23.2 Å². The summed E-state index contributed by atoms with van der Waals surface area (Å²) in [7, 11) is -2.43. The van der Waals surface area contributed by atoms with E-state index in [1.807, 2.05) is 0 Å². The maximum absolute atomic E-state index is 14.0. The van der Waals surface area contributed by atoms with Crippen molar-refractivity contribution in [1.29, 1.82) is 0 Å². The molecule has 122 valence electrons. The standard InChI is InChI=1S/C14H18F2N2O3S/c1-13(10-6-9(15)4-5-11(10)16)8-22(19,20)14(2,7-21-3)12(17)18-13/h4-6H,7-8H2,1-3H3,(H2,17,18). The third kappa shape index (κ3) is 2.50. The van der Waals surface area contributed by atoms with Crippen molar-refractivity contribution in [3.63, 3.8) is 0 Å². The second-order valence-electron chi connectivity index (χ2n) is 5.82. The molecule has 0 aromatic heterocycles. The minimum atomic E-state index is -3.79. The molecule has 0 radical (unpaired) electrons. The number of sulfone groups is 1. The van der Waals surface area contributed by atoms with E-state index in [1.54, 1.807) is 0 Å². The smallest absolute Gasteiger partial charge is 0.167 e. The predicted molar refractivity (Wildman–Crippen MR) is 79.4 cm³/mol. The number of amidine groups is 1. The van der Waals surface area contributed by atoms with Gasteiger partial charge < -0.3 is 10.5 Å². The summed E-state index contributed by atoms with van der Waals surface area (Å²) in [6, 6.07) is 2.85. The minimum Gasteiger partial charge on any atom is -0.386 e. The van der Waals surface area contributed by atoms with Gasteiger partial charge in [-0.2, -0.15) is 0 Å². The van der Waals surface area contributed by atoms with Crippen molar-refractivity contribution in [1.82, 2.24) is 0 Å². The summed E-state index contributed by atoms with van der Waals surface area (Å²) in [5.74, 6) is -2.06. The molecule has 5 nitrogen and oxygen atoms in total. The van der Waals surface area contributed by atoms with Crippen LogP contribution in [-0.4, -0.2) is 38.5 Å². The Morgan fingerprint density at radius 1 is 1.36 bits per heavy atom. The molecule has 0 bridgehead atoms. The van der Waals surface area contributed by atoms with Crippen LogP contribution >= 0.6 is 0 Å². The number of nitrogens with two attached hydrogens (primary N) is 1. The van der Waals surface area contributed by atoms with E-state index in [9.17, 15) is 17.2 Å². The van der Waals surface area contributed by atoms with Crippen molar-refractivity contribution in [2.75, 3.05) is 19.5 Å². The van der Waals surface area contributed by atoms with Gasteiger partial charge in [-0.25, -0.2) is 17.2 Å². The Kier molecular flexibility index (Phi) is 4.03. The average molecular weight is 332 g/mol. The van der Waals surface area contributed by atoms with Crippen molar-refractivity contribution in [3.05, 3.63) is 35.4 Å². The fourth-order valence-electron chi connectivity index (χ4n) is 2.59. The maximum Gasteiger partial charge on any atom is 0.167 e. The van der Waals surface area contributed by atoms with E-state index >= 15 is 0 Å². The molecule has 22 heavy (non-hydrogen) atoms. The van der Waals surface area contributed by atoms with Gasteiger partial charge in [0.1, 0.15) is 27.8 Å². The molecule has 2 N–H and O–H groups in total. The van der Waals surface area contributed by atoms with Gasteiger partial charge in [0.15, 0.2) is 9.84 Å². The normalized spacial score (nSPS) is 30.9. The van der Waals surface area contributed by atoms with E-state index in [-0.39, 0.29) is 18.0 Å². The van der Waals surface area contributed by atoms with Crippen LogP contribution in [0.4, 0.5) is 8.78 Å². The van der Waals surface area contributed by atoms with Gasteiger partial charge >= 0.3 is 0 Å². The van der Waals surface area contributed by atoms with Gasteiger partial charge in [-0.15, -0.1) is 0 Å². The van der Waals surface area contributed by atoms with E-state index in [4.69, 9.17) is 10.5 Å². The maximum atomic E-state index is 14.0. The topological polar surface area (TPSA) is 81.8 Å². The Bertz CT molecular complexity index is 736. The zero-order valence-electron chi connectivity index (χ0n) is 12.6. The summed E-state index contributed by atoms with van der Waals surface area (Å²) >= 11 is 0. The molecule has 1 aromatic carbocycles. The van der Waals surface area contributed by atoms with E-state index in [1.165, 1.54) is 21.0 Å². The Morgan fingerprint density at radius 3 is 2.55 bits per heavy atom. The third-order valence-electron chi connectivity index (χ3n) is 3.99. The quantitative estimate of drug-likeness (QED) is 0.906. The molecular formula is C14H18F2N2O3S. The van der Waals surface area contributed by atoms with Crippen LogP contribution in [0.1, 0.15) is 19.4 Å².